The standard InChI is InChI=1S/CH2O3.F2.Ni/c2-1(3)4;1-2;/h(H2,2,3,4);;. The largest absolute Gasteiger partial charge is 0.503 e. The first-order chi connectivity index (χ1) is 2.73. The Balaban J connectivity index is -0.0000000480. The normalized spacial score (nSPS) is 4.29. The number of rotatable bonds is 0. The molecule has 7 heavy (non-hydrogen) atoms. The summed E-state index contributed by atoms with van der Waals surface area (Å²) in [6.07, 6.45) is -1.83. The van der Waals surface area contributed by atoms with E-state index in [0.717, 1.165) is 0 Å². The Kier molecular flexibility index (Phi) is 39.8. The van der Waals surface area contributed by atoms with Gasteiger partial charge >= 0.3 is 6.16 Å². The van der Waals surface area contributed by atoms with Crippen molar-refractivity contribution in [3.05, 3.63) is 0 Å². The fourth-order valence-electron chi connectivity index (χ4n) is 0. The van der Waals surface area contributed by atoms with Crippen LogP contribution in [0.25, 0.3) is 0 Å². The van der Waals surface area contributed by atoms with Gasteiger partial charge in [-0.3, -0.25) is 0 Å². The van der Waals surface area contributed by atoms with Crippen molar-refractivity contribution < 1.29 is 40.6 Å². The zero-order valence-corrected chi connectivity index (χ0v) is 3.86. The van der Waals surface area contributed by atoms with Crippen molar-refractivity contribution in [1.29, 1.82) is 0 Å². The molecule has 0 unspecified atom stereocenters. The van der Waals surface area contributed by atoms with Crippen LogP contribution in [0.4, 0.5) is 13.9 Å². The molecule has 0 heterocycles. The molecule has 0 aromatic heterocycles. The van der Waals surface area contributed by atoms with Gasteiger partial charge in [0.2, 0.25) is 0 Å². The predicted octanol–water partition coefficient (Wildman–Crippen LogP) is 1.06. The third-order valence-electron chi connectivity index (χ3n) is 0. The van der Waals surface area contributed by atoms with Crippen molar-refractivity contribution in [3.63, 3.8) is 0 Å². The molecule has 0 aliphatic carbocycles. The average molecular weight is 159 g/mol. The van der Waals surface area contributed by atoms with E-state index in [4.69, 9.17) is 24.2 Å². The molecule has 0 amide bonds. The van der Waals surface area contributed by atoms with Crippen LogP contribution < -0.4 is 0 Å². The number of hydrogen-bond acceptors (Lipinski definition) is 1. The van der Waals surface area contributed by atoms with E-state index in [9.17, 15) is 0 Å². The molecule has 0 rings (SSSR count). The zero-order chi connectivity index (χ0) is 5.58. The van der Waals surface area contributed by atoms with Crippen LogP contribution in [0.2, 0.25) is 0 Å². The van der Waals surface area contributed by atoms with Crippen LogP contribution in [-0.2, 0) is 16.5 Å². The third kappa shape index (κ3) is 521. The van der Waals surface area contributed by atoms with E-state index < -0.39 is 6.16 Å². The summed E-state index contributed by atoms with van der Waals surface area (Å²) >= 11 is 0. The molecule has 0 atom stereocenters. The first kappa shape index (κ1) is 16.0. The SMILES string of the molecule is FF.O=C(O)O.[Ni]. The maximum Gasteiger partial charge on any atom is 0.503 e. The van der Waals surface area contributed by atoms with Crippen molar-refractivity contribution in [1.82, 2.24) is 0 Å². The minimum Gasteiger partial charge on any atom is -0.450 e. The smallest absolute Gasteiger partial charge is 0.450 e. The van der Waals surface area contributed by atoms with E-state index in [-0.39, 0.29) is 16.5 Å². The molecule has 0 aromatic carbocycles. The number of hydrogen-bond donors (Lipinski definition) is 2. The molecular weight excluding hydrogens is 157 g/mol. The Morgan fingerprint density at radius 3 is 1.29 bits per heavy atom. The molecule has 0 fully saturated rings. The van der Waals surface area contributed by atoms with Gasteiger partial charge in [-0.05, 0) is 0 Å². The van der Waals surface area contributed by atoms with E-state index in [1.54, 1.807) is 0 Å². The van der Waals surface area contributed by atoms with Crippen LogP contribution in [0, 0.1) is 0 Å². The quantitative estimate of drug-likeness (QED) is 0.519. The second-order valence-electron chi connectivity index (χ2n) is 0.283. The summed E-state index contributed by atoms with van der Waals surface area (Å²) in [7, 11) is 0. The van der Waals surface area contributed by atoms with E-state index in [1.807, 2.05) is 0 Å². The summed E-state index contributed by atoms with van der Waals surface area (Å²) in [5.74, 6) is 0. The van der Waals surface area contributed by atoms with Crippen molar-refractivity contribution in [2.24, 2.45) is 0 Å². The number of carboxylic acid groups (broad SMARTS) is 2. The summed E-state index contributed by atoms with van der Waals surface area (Å²) in [6.45, 7) is 0. The molecule has 6 heteroatoms. The van der Waals surface area contributed by atoms with E-state index >= 15 is 0 Å². The summed E-state index contributed by atoms with van der Waals surface area (Å²) in [4.78, 5) is 8.56. The van der Waals surface area contributed by atoms with E-state index in [2.05, 4.69) is 0 Å². The Morgan fingerprint density at radius 1 is 1.29 bits per heavy atom. The average Bonchev–Trinajstić information content (AvgIpc) is 1.41. The zero-order valence-electron chi connectivity index (χ0n) is 2.87. The van der Waals surface area contributed by atoms with Gasteiger partial charge in [0, 0.05) is 25.6 Å². The fourth-order valence-corrected chi connectivity index (χ4v) is 0. The van der Waals surface area contributed by atoms with E-state index in [0.29, 0.717) is 0 Å². The Labute approximate surface area is 47.7 Å². The van der Waals surface area contributed by atoms with Crippen LogP contribution >= 0.6 is 0 Å². The van der Waals surface area contributed by atoms with Crippen molar-refractivity contribution in [2.75, 3.05) is 0 Å². The fraction of sp³-hybridized carbons (Fsp3) is 0. The first-order valence-corrected chi connectivity index (χ1v) is 0.794. The summed E-state index contributed by atoms with van der Waals surface area (Å²) in [5, 5.41) is 13.9. The third-order valence-corrected chi connectivity index (χ3v) is 0. The molecule has 0 bridgehead atoms. The Morgan fingerprint density at radius 2 is 1.29 bits per heavy atom. The van der Waals surface area contributed by atoms with Gasteiger partial charge in [0.1, 0.15) is 0 Å². The molecule has 0 saturated heterocycles. The molecular formula is CH2F2NiO3. The van der Waals surface area contributed by atoms with Crippen LogP contribution in [0.1, 0.15) is 0 Å². The van der Waals surface area contributed by atoms with E-state index in [1.165, 1.54) is 0 Å². The molecule has 0 radical (unpaired) electrons. The van der Waals surface area contributed by atoms with Gasteiger partial charge in [-0.2, -0.15) is 0 Å². The summed E-state index contributed by atoms with van der Waals surface area (Å²) < 4.78 is 16.0. The van der Waals surface area contributed by atoms with Crippen molar-refractivity contribution in [2.45, 2.75) is 0 Å². The molecule has 2 N–H and O–H groups in total. The topological polar surface area (TPSA) is 57.5 Å². The Hall–Kier alpha value is -0.376. The van der Waals surface area contributed by atoms with Crippen LogP contribution in [0.5, 0.6) is 0 Å². The van der Waals surface area contributed by atoms with Gasteiger partial charge in [0.25, 0.3) is 0 Å². The van der Waals surface area contributed by atoms with Gasteiger partial charge in [-0.1, -0.05) is 0 Å². The monoisotopic (exact) mass is 158 g/mol. The molecule has 3 nitrogen and oxygen atoms in total. The number of carbonyl (C=O) groups is 1. The van der Waals surface area contributed by atoms with Crippen LogP contribution in [-0.4, -0.2) is 16.4 Å². The maximum atomic E-state index is 8.56. The molecule has 0 saturated carbocycles. The van der Waals surface area contributed by atoms with Gasteiger partial charge in [-0.15, -0.1) is 0 Å². The second-order valence-corrected chi connectivity index (χ2v) is 0.283. The minimum atomic E-state index is -1.83. The van der Waals surface area contributed by atoms with Crippen LogP contribution in [0.15, 0.2) is 0 Å². The van der Waals surface area contributed by atoms with Crippen LogP contribution in [0.3, 0.4) is 0 Å². The summed E-state index contributed by atoms with van der Waals surface area (Å²) in [6, 6.07) is 0. The second kappa shape index (κ2) is 17.5. The van der Waals surface area contributed by atoms with Gasteiger partial charge in [0.15, 0.2) is 0 Å². The minimum absolute atomic E-state index is 0. The molecule has 0 aromatic rings. The predicted molar refractivity (Wildman–Crippen MR) is 12.9 cm³/mol. The summed E-state index contributed by atoms with van der Waals surface area (Å²) in [5.41, 5.74) is 0. The molecule has 48 valence electrons. The molecule has 0 aliphatic heterocycles. The number of halogens is 2. The Bertz CT molecular complexity index is 35.9. The molecule has 0 aliphatic rings. The van der Waals surface area contributed by atoms with Gasteiger partial charge in [0.05, 0.1) is 0 Å². The van der Waals surface area contributed by atoms with Crippen molar-refractivity contribution in [3.8, 4) is 0 Å². The first-order valence-electron chi connectivity index (χ1n) is 0.794. The van der Waals surface area contributed by atoms with Crippen molar-refractivity contribution >= 4 is 6.16 Å². The molecule has 0 spiro atoms. The maximum absolute atomic E-state index is 8.56. The van der Waals surface area contributed by atoms with Gasteiger partial charge < -0.3 is 10.2 Å². The van der Waals surface area contributed by atoms with Gasteiger partial charge in [-0.25, -0.2) is 4.79 Å².